The Morgan fingerprint density at radius 1 is 0.745 bits per heavy atom. The predicted octanol–water partition coefficient (Wildman–Crippen LogP) is 4.62. The number of amides is 3. The minimum Gasteiger partial charge on any atom is -0.444 e. The summed E-state index contributed by atoms with van der Waals surface area (Å²) in [6.07, 6.45) is 11.2. The number of nitrogens with one attached hydrogen (secondary N) is 5. The summed E-state index contributed by atoms with van der Waals surface area (Å²) in [7, 11) is 0. The van der Waals surface area contributed by atoms with Crippen LogP contribution in [-0.2, 0) is 40.0 Å². The molecular weight excluding hydrogens is 644 g/mol. The molecule has 6 heterocycles. The largest absolute Gasteiger partial charge is 0.444 e. The average Bonchev–Trinajstić information content (AvgIpc) is 3.15. The number of ether oxygens (including phenoxy) is 1. The number of carbonyl (C=O) groups excluding carboxylic acids is 3. The number of rotatable bonds is 10. The van der Waals surface area contributed by atoms with Crippen LogP contribution in [0, 0.1) is 11.8 Å². The molecule has 6 rings (SSSR count). The van der Waals surface area contributed by atoms with Crippen LogP contribution in [0.15, 0.2) is 24.3 Å². The van der Waals surface area contributed by atoms with Gasteiger partial charge in [-0.05, 0) is 134 Å². The lowest BCUT2D eigenvalue weighted by atomic mass is 9.96. The van der Waals surface area contributed by atoms with Gasteiger partial charge >= 0.3 is 6.09 Å². The van der Waals surface area contributed by atoms with E-state index >= 15 is 0 Å². The number of likely N-dealkylation sites (tertiary alicyclic amines) is 1. The van der Waals surface area contributed by atoms with Gasteiger partial charge in [-0.2, -0.15) is 0 Å². The van der Waals surface area contributed by atoms with Crippen molar-refractivity contribution in [2.45, 2.75) is 103 Å². The van der Waals surface area contributed by atoms with Crippen molar-refractivity contribution < 1.29 is 19.1 Å². The fourth-order valence-corrected chi connectivity index (χ4v) is 7.00. The third-order valence-electron chi connectivity index (χ3n) is 9.95. The molecule has 4 aliphatic rings. The molecule has 5 N–H and O–H groups in total. The highest BCUT2D eigenvalue weighted by molar-refractivity contribution is 5.79. The Morgan fingerprint density at radius 2 is 1.24 bits per heavy atom. The maximum Gasteiger partial charge on any atom is 0.410 e. The fourth-order valence-electron chi connectivity index (χ4n) is 7.00. The van der Waals surface area contributed by atoms with Gasteiger partial charge in [-0.1, -0.05) is 12.1 Å². The summed E-state index contributed by atoms with van der Waals surface area (Å²) >= 11 is 0. The van der Waals surface area contributed by atoms with Crippen LogP contribution in [0.4, 0.5) is 16.4 Å². The molecule has 2 aromatic rings. The van der Waals surface area contributed by atoms with Crippen molar-refractivity contribution in [1.82, 2.24) is 30.8 Å². The van der Waals surface area contributed by atoms with E-state index in [1.807, 2.05) is 20.8 Å². The van der Waals surface area contributed by atoms with Gasteiger partial charge in [0.15, 0.2) is 0 Å². The molecule has 0 unspecified atom stereocenters. The van der Waals surface area contributed by atoms with Gasteiger partial charge in [-0.25, -0.2) is 14.8 Å². The second kappa shape index (κ2) is 19.1. The first-order valence-corrected chi connectivity index (χ1v) is 19.3. The Bertz CT molecular complexity index is 1450. The van der Waals surface area contributed by atoms with E-state index < -0.39 is 5.60 Å². The first kappa shape index (κ1) is 38.3. The predicted molar refractivity (Wildman–Crippen MR) is 201 cm³/mol. The van der Waals surface area contributed by atoms with Crippen molar-refractivity contribution >= 4 is 29.5 Å². The second-order valence-electron chi connectivity index (χ2n) is 15.2. The van der Waals surface area contributed by atoms with Crippen LogP contribution in [0.5, 0.6) is 0 Å². The Labute approximate surface area is 304 Å². The van der Waals surface area contributed by atoms with Gasteiger partial charge in [0.05, 0.1) is 0 Å². The number of fused-ring (bicyclic) bond motifs is 2. The number of anilines is 2. The molecule has 12 heteroatoms. The summed E-state index contributed by atoms with van der Waals surface area (Å²) in [4.78, 5) is 47.7. The molecule has 0 atom stereocenters. The van der Waals surface area contributed by atoms with Crippen LogP contribution >= 0.6 is 0 Å². The van der Waals surface area contributed by atoms with Gasteiger partial charge in [-0.3, -0.25) is 9.59 Å². The topological polar surface area (TPSA) is 150 Å². The molecule has 2 aromatic heterocycles. The van der Waals surface area contributed by atoms with E-state index in [9.17, 15) is 14.4 Å². The zero-order valence-electron chi connectivity index (χ0n) is 31.1. The lowest BCUT2D eigenvalue weighted by molar-refractivity contribution is -0.126. The first-order valence-electron chi connectivity index (χ1n) is 19.3. The average molecular weight is 705 g/mol. The number of aromatic nitrogens is 2. The monoisotopic (exact) mass is 704 g/mol. The van der Waals surface area contributed by atoms with Gasteiger partial charge in [0.25, 0.3) is 0 Å². The van der Waals surface area contributed by atoms with Gasteiger partial charge < -0.3 is 36.2 Å². The minimum absolute atomic E-state index is 0.0280. The highest BCUT2D eigenvalue weighted by Gasteiger charge is 2.30. The molecule has 0 bridgehead atoms. The van der Waals surface area contributed by atoms with Crippen LogP contribution in [0.2, 0.25) is 0 Å². The Kier molecular flexibility index (Phi) is 14.3. The SMILES string of the molecule is CC(C)(C)OC(=O)N1CCC(C(=O)NCCCc2ccc3c(n2)NCCC3)CC1.O=C(NCCCc1ccc2c(n1)NCCC2)C1CCNCC1. The molecule has 0 saturated carbocycles. The van der Waals surface area contributed by atoms with Crippen molar-refractivity contribution in [3.63, 3.8) is 0 Å². The molecule has 280 valence electrons. The number of hydrogen-bond acceptors (Lipinski definition) is 9. The van der Waals surface area contributed by atoms with Gasteiger partial charge in [0, 0.05) is 62.5 Å². The molecule has 12 nitrogen and oxygen atoms in total. The van der Waals surface area contributed by atoms with E-state index in [4.69, 9.17) is 9.72 Å². The zero-order valence-corrected chi connectivity index (χ0v) is 31.1. The highest BCUT2D eigenvalue weighted by Crippen LogP contribution is 2.22. The second-order valence-corrected chi connectivity index (χ2v) is 15.2. The first-order chi connectivity index (χ1) is 24.6. The lowest BCUT2D eigenvalue weighted by Gasteiger charge is -2.32. The number of hydrogen-bond donors (Lipinski definition) is 5. The van der Waals surface area contributed by atoms with E-state index in [0.717, 1.165) is 114 Å². The number of carbonyl (C=O) groups is 3. The van der Waals surface area contributed by atoms with Crippen molar-refractivity contribution in [3.8, 4) is 0 Å². The van der Waals surface area contributed by atoms with Crippen LogP contribution in [0.25, 0.3) is 0 Å². The number of aryl methyl sites for hydroxylation is 4. The van der Waals surface area contributed by atoms with Crippen LogP contribution in [-0.4, -0.2) is 90.7 Å². The van der Waals surface area contributed by atoms with Crippen molar-refractivity contribution in [1.29, 1.82) is 0 Å². The molecule has 0 radical (unpaired) electrons. The summed E-state index contributed by atoms with van der Waals surface area (Å²) in [6, 6.07) is 8.58. The smallest absolute Gasteiger partial charge is 0.410 e. The summed E-state index contributed by atoms with van der Waals surface area (Å²) < 4.78 is 5.41. The number of pyridine rings is 2. The van der Waals surface area contributed by atoms with E-state index in [2.05, 4.69) is 55.8 Å². The van der Waals surface area contributed by atoms with Gasteiger partial charge in [0.1, 0.15) is 17.2 Å². The molecule has 2 saturated heterocycles. The summed E-state index contributed by atoms with van der Waals surface area (Å²) in [5.41, 5.74) is 4.32. The minimum atomic E-state index is -0.492. The van der Waals surface area contributed by atoms with E-state index in [1.54, 1.807) is 4.90 Å². The molecule has 4 aliphatic heterocycles. The standard InChI is InChI=1S/C22H34N4O3.C17H26N4O/c1-22(2,3)29-21(28)26-14-10-17(11-15-26)20(27)24-13-5-7-18-9-8-16-6-4-12-23-19(16)25-18;22-17(14-7-11-18-12-8-14)20-10-2-4-15-6-5-13-3-1-9-19-16(13)21-15/h8-9,17H,4-7,10-15H2,1-3H3,(H,23,25)(H,24,27);5-6,14,18H,1-4,7-12H2,(H,19,21)(H,20,22). The Balaban J connectivity index is 0.000000205. The van der Waals surface area contributed by atoms with Gasteiger partial charge in [0.2, 0.25) is 11.8 Å². The fraction of sp³-hybridized carbons (Fsp3) is 0.667. The van der Waals surface area contributed by atoms with Crippen LogP contribution in [0.1, 0.15) is 94.7 Å². The lowest BCUT2D eigenvalue weighted by Crippen LogP contribution is -2.45. The maximum atomic E-state index is 12.4. The van der Waals surface area contributed by atoms with E-state index in [-0.39, 0.29) is 29.7 Å². The van der Waals surface area contributed by atoms with Crippen molar-refractivity contribution in [3.05, 3.63) is 46.8 Å². The Hall–Kier alpha value is -3.93. The summed E-state index contributed by atoms with van der Waals surface area (Å²) in [6.45, 7) is 12.1. The maximum absolute atomic E-state index is 12.4. The molecule has 2 fully saturated rings. The molecule has 0 spiro atoms. The van der Waals surface area contributed by atoms with Crippen LogP contribution in [0.3, 0.4) is 0 Å². The quantitative estimate of drug-likeness (QED) is 0.223. The van der Waals surface area contributed by atoms with Crippen molar-refractivity contribution in [2.75, 3.05) is 63.0 Å². The van der Waals surface area contributed by atoms with Crippen molar-refractivity contribution in [2.24, 2.45) is 11.8 Å². The molecule has 0 aliphatic carbocycles. The van der Waals surface area contributed by atoms with E-state index in [1.165, 1.54) is 17.5 Å². The zero-order chi connectivity index (χ0) is 36.1. The molecule has 51 heavy (non-hydrogen) atoms. The van der Waals surface area contributed by atoms with Crippen LogP contribution < -0.4 is 26.6 Å². The normalized spacial score (nSPS) is 17.7. The summed E-state index contributed by atoms with van der Waals surface area (Å²) in [5, 5.41) is 16.1. The van der Waals surface area contributed by atoms with Gasteiger partial charge in [-0.15, -0.1) is 0 Å². The van der Waals surface area contributed by atoms with E-state index in [0.29, 0.717) is 32.5 Å². The molecule has 0 aromatic carbocycles. The summed E-state index contributed by atoms with van der Waals surface area (Å²) in [5.74, 6) is 2.57. The number of nitrogens with zero attached hydrogens (tertiary/aromatic N) is 3. The molecule has 3 amide bonds. The highest BCUT2D eigenvalue weighted by atomic mass is 16.6. The molecular formula is C39H60N8O4. The number of piperidine rings is 2. The Morgan fingerprint density at radius 3 is 1.73 bits per heavy atom. The third-order valence-corrected chi connectivity index (χ3v) is 9.95. The third kappa shape index (κ3) is 12.4.